The zero-order valence-electron chi connectivity index (χ0n) is 10.7. The van der Waals surface area contributed by atoms with Gasteiger partial charge in [-0.15, -0.1) is 5.10 Å². The van der Waals surface area contributed by atoms with Gasteiger partial charge in [0.15, 0.2) is 0 Å². The topological polar surface area (TPSA) is 63.2 Å². The number of hydrogen-bond donors (Lipinski definition) is 1. The number of likely N-dealkylation sites (N-methyl/N-ethyl adjacent to an activating group) is 1. The molecule has 0 saturated carbocycles. The molecule has 0 spiro atoms. The molecule has 0 aromatic carbocycles. The Hall–Kier alpha value is -0.980. The van der Waals surface area contributed by atoms with Crippen molar-refractivity contribution in [3.63, 3.8) is 0 Å². The van der Waals surface area contributed by atoms with Crippen LogP contribution in [0.3, 0.4) is 0 Å². The summed E-state index contributed by atoms with van der Waals surface area (Å²) in [5, 5.41) is 8.04. The van der Waals surface area contributed by atoms with Crippen LogP contribution < -0.4 is 5.73 Å². The van der Waals surface area contributed by atoms with Gasteiger partial charge in [0.25, 0.3) is 0 Å². The third kappa shape index (κ3) is 3.24. The first-order valence-corrected chi connectivity index (χ1v) is 6.20. The first-order chi connectivity index (χ1) is 8.19. The molecule has 0 aliphatic carbocycles. The van der Waals surface area contributed by atoms with Crippen LogP contribution in [-0.2, 0) is 13.1 Å². The number of nitrogens with zero attached hydrogens (tertiary/aromatic N) is 5. The van der Waals surface area contributed by atoms with Crippen LogP contribution in [0.15, 0.2) is 6.20 Å². The molecule has 1 aliphatic rings. The van der Waals surface area contributed by atoms with Crippen LogP contribution in [0.5, 0.6) is 0 Å². The Morgan fingerprint density at radius 2 is 2.24 bits per heavy atom. The largest absolute Gasteiger partial charge is 0.325 e. The molecule has 1 aromatic heterocycles. The molecule has 17 heavy (non-hydrogen) atoms. The molecule has 1 aliphatic heterocycles. The second-order valence-corrected chi connectivity index (χ2v) is 4.81. The minimum atomic E-state index is 0.464. The molecule has 0 amide bonds. The normalized spacial score (nSPS) is 23.1. The highest BCUT2D eigenvalue weighted by atomic mass is 15.4. The fraction of sp³-hybridized carbons (Fsp3) is 0.818. The van der Waals surface area contributed by atoms with Crippen molar-refractivity contribution in [2.45, 2.75) is 26.1 Å². The minimum Gasteiger partial charge on any atom is -0.325 e. The van der Waals surface area contributed by atoms with Gasteiger partial charge in [-0.3, -0.25) is 9.58 Å². The van der Waals surface area contributed by atoms with Crippen molar-refractivity contribution < 1.29 is 0 Å². The average Bonchev–Trinajstić information content (AvgIpc) is 2.79. The van der Waals surface area contributed by atoms with Crippen LogP contribution in [0.4, 0.5) is 0 Å². The molecule has 0 radical (unpaired) electrons. The first kappa shape index (κ1) is 12.5. The van der Waals surface area contributed by atoms with Crippen molar-refractivity contribution in [1.29, 1.82) is 0 Å². The molecule has 1 unspecified atom stereocenters. The van der Waals surface area contributed by atoms with E-state index in [1.807, 2.05) is 10.9 Å². The molecule has 1 saturated heterocycles. The van der Waals surface area contributed by atoms with Crippen molar-refractivity contribution in [3.8, 4) is 0 Å². The highest BCUT2D eigenvalue weighted by Gasteiger charge is 2.20. The quantitative estimate of drug-likeness (QED) is 0.757. The lowest BCUT2D eigenvalue weighted by molar-refractivity contribution is 0.101. The lowest BCUT2D eigenvalue weighted by Gasteiger charge is -2.37. The van der Waals surface area contributed by atoms with Crippen LogP contribution in [-0.4, -0.2) is 64.1 Å². The van der Waals surface area contributed by atoms with Gasteiger partial charge in [0.1, 0.15) is 0 Å². The van der Waals surface area contributed by atoms with E-state index in [0.29, 0.717) is 12.6 Å². The summed E-state index contributed by atoms with van der Waals surface area (Å²) in [5.41, 5.74) is 6.36. The fourth-order valence-corrected chi connectivity index (χ4v) is 2.11. The van der Waals surface area contributed by atoms with Crippen LogP contribution in [0, 0.1) is 0 Å². The van der Waals surface area contributed by atoms with E-state index in [4.69, 9.17) is 5.73 Å². The molecule has 2 N–H and O–H groups in total. The van der Waals surface area contributed by atoms with Crippen molar-refractivity contribution in [3.05, 3.63) is 11.9 Å². The zero-order valence-corrected chi connectivity index (χ0v) is 10.7. The first-order valence-electron chi connectivity index (χ1n) is 6.20. The Labute approximate surface area is 102 Å². The number of hydrogen-bond acceptors (Lipinski definition) is 5. The lowest BCUT2D eigenvalue weighted by atomic mass is 10.2. The summed E-state index contributed by atoms with van der Waals surface area (Å²) in [4.78, 5) is 4.88. The van der Waals surface area contributed by atoms with E-state index < -0.39 is 0 Å². The molecular weight excluding hydrogens is 216 g/mol. The standard InChI is InChI=1S/C11H22N6/c1-10-8-16(4-3-15(10)2)5-6-17-9-11(7-12)13-14-17/h9-10H,3-8,12H2,1-2H3. The molecule has 1 fully saturated rings. The van der Waals surface area contributed by atoms with E-state index in [1.54, 1.807) is 0 Å². The molecule has 1 atom stereocenters. The molecule has 2 heterocycles. The van der Waals surface area contributed by atoms with Gasteiger partial charge in [-0.1, -0.05) is 5.21 Å². The number of aromatic nitrogens is 3. The monoisotopic (exact) mass is 238 g/mol. The van der Waals surface area contributed by atoms with Crippen molar-refractivity contribution in [2.24, 2.45) is 5.73 Å². The number of rotatable bonds is 4. The number of piperazine rings is 1. The van der Waals surface area contributed by atoms with E-state index in [9.17, 15) is 0 Å². The predicted octanol–water partition coefficient (Wildman–Crippen LogP) is -0.627. The van der Waals surface area contributed by atoms with Crippen LogP contribution in [0.25, 0.3) is 0 Å². The summed E-state index contributed by atoms with van der Waals surface area (Å²) in [6.07, 6.45) is 1.93. The Morgan fingerprint density at radius 1 is 1.41 bits per heavy atom. The van der Waals surface area contributed by atoms with Crippen LogP contribution in [0.2, 0.25) is 0 Å². The maximum Gasteiger partial charge on any atom is 0.0962 e. The van der Waals surface area contributed by atoms with E-state index >= 15 is 0 Å². The molecule has 6 nitrogen and oxygen atoms in total. The van der Waals surface area contributed by atoms with Crippen molar-refractivity contribution >= 4 is 0 Å². The van der Waals surface area contributed by atoms with E-state index in [-0.39, 0.29) is 0 Å². The third-order valence-corrected chi connectivity index (χ3v) is 3.48. The van der Waals surface area contributed by atoms with E-state index in [0.717, 1.165) is 38.4 Å². The van der Waals surface area contributed by atoms with Gasteiger partial charge in [-0.2, -0.15) is 0 Å². The van der Waals surface area contributed by atoms with E-state index in [1.165, 1.54) is 0 Å². The maximum atomic E-state index is 5.50. The van der Waals surface area contributed by atoms with Gasteiger partial charge < -0.3 is 10.6 Å². The highest BCUT2D eigenvalue weighted by Crippen LogP contribution is 2.06. The van der Waals surface area contributed by atoms with Crippen molar-refractivity contribution in [1.82, 2.24) is 24.8 Å². The zero-order chi connectivity index (χ0) is 12.3. The summed E-state index contributed by atoms with van der Waals surface area (Å²) >= 11 is 0. The van der Waals surface area contributed by atoms with Gasteiger partial charge >= 0.3 is 0 Å². The summed E-state index contributed by atoms with van der Waals surface area (Å²) in [7, 11) is 2.19. The Balaban J connectivity index is 1.78. The molecule has 2 rings (SSSR count). The Kier molecular flexibility index (Phi) is 4.09. The lowest BCUT2D eigenvalue weighted by Crippen LogP contribution is -2.50. The van der Waals surface area contributed by atoms with Gasteiger partial charge in [0, 0.05) is 45.0 Å². The summed E-state index contributed by atoms with van der Waals surface area (Å²) in [6.45, 7) is 8.08. The molecular formula is C11H22N6. The summed E-state index contributed by atoms with van der Waals surface area (Å²) in [5.74, 6) is 0. The SMILES string of the molecule is CC1CN(CCn2cc(CN)nn2)CCN1C. The van der Waals surface area contributed by atoms with E-state index in [2.05, 4.69) is 34.1 Å². The second kappa shape index (κ2) is 5.57. The maximum absolute atomic E-state index is 5.50. The van der Waals surface area contributed by atoms with Crippen molar-refractivity contribution in [2.75, 3.05) is 33.2 Å². The van der Waals surface area contributed by atoms with Gasteiger partial charge in [0.2, 0.25) is 0 Å². The second-order valence-electron chi connectivity index (χ2n) is 4.81. The van der Waals surface area contributed by atoms with Gasteiger partial charge in [0.05, 0.1) is 12.2 Å². The summed E-state index contributed by atoms with van der Waals surface area (Å²) in [6, 6.07) is 0.638. The third-order valence-electron chi connectivity index (χ3n) is 3.48. The predicted molar refractivity (Wildman–Crippen MR) is 66.4 cm³/mol. The Bertz CT molecular complexity index is 349. The molecule has 96 valence electrons. The number of nitrogens with two attached hydrogens (primary N) is 1. The molecule has 0 bridgehead atoms. The van der Waals surface area contributed by atoms with Gasteiger partial charge in [-0.25, -0.2) is 0 Å². The molecule has 6 heteroatoms. The summed E-state index contributed by atoms with van der Waals surface area (Å²) < 4.78 is 1.88. The minimum absolute atomic E-state index is 0.464. The van der Waals surface area contributed by atoms with Crippen LogP contribution >= 0.6 is 0 Å². The smallest absolute Gasteiger partial charge is 0.0962 e. The Morgan fingerprint density at radius 3 is 2.88 bits per heavy atom. The van der Waals surface area contributed by atoms with Crippen LogP contribution in [0.1, 0.15) is 12.6 Å². The molecule has 1 aromatic rings. The fourth-order valence-electron chi connectivity index (χ4n) is 2.11. The average molecular weight is 238 g/mol. The highest BCUT2D eigenvalue weighted by molar-refractivity contribution is 4.90. The van der Waals surface area contributed by atoms with Gasteiger partial charge in [-0.05, 0) is 14.0 Å².